The molecular formula is C17H24O. The van der Waals surface area contributed by atoms with Crippen LogP contribution in [0.25, 0.3) is 0 Å². The number of hydrogen-bond acceptors (Lipinski definition) is 1. The monoisotopic (exact) mass is 244 g/mol. The number of aryl methyl sites for hydroxylation is 3. The van der Waals surface area contributed by atoms with Gasteiger partial charge < -0.3 is 0 Å². The number of carbonyl (C=O) groups is 1. The fourth-order valence-electron chi connectivity index (χ4n) is 3.01. The number of rotatable bonds is 4. The summed E-state index contributed by atoms with van der Waals surface area (Å²) >= 11 is 0. The van der Waals surface area contributed by atoms with Crippen LogP contribution in [0.4, 0.5) is 0 Å². The molecule has 0 aliphatic heterocycles. The van der Waals surface area contributed by atoms with E-state index in [1.54, 1.807) is 0 Å². The molecule has 1 saturated carbocycles. The van der Waals surface area contributed by atoms with Gasteiger partial charge in [-0.2, -0.15) is 0 Å². The maximum absolute atomic E-state index is 12.1. The summed E-state index contributed by atoms with van der Waals surface area (Å²) in [6.07, 6.45) is 7.73. The highest BCUT2D eigenvalue weighted by Crippen LogP contribution is 2.26. The van der Waals surface area contributed by atoms with Gasteiger partial charge in [-0.25, -0.2) is 0 Å². The van der Waals surface area contributed by atoms with Gasteiger partial charge in [-0.15, -0.1) is 0 Å². The van der Waals surface area contributed by atoms with Crippen molar-refractivity contribution in [2.24, 2.45) is 5.92 Å². The first-order valence-electron chi connectivity index (χ1n) is 7.25. The summed E-state index contributed by atoms with van der Waals surface area (Å²) in [5.41, 5.74) is 3.96. The first kappa shape index (κ1) is 13.3. The fraction of sp³-hybridized carbons (Fsp3) is 0.588. The Hall–Kier alpha value is -1.11. The minimum atomic E-state index is 0.365. The number of Topliss-reactive ketones (excluding diaryl/α,β-unsaturated/α-hetero) is 1. The Morgan fingerprint density at radius 1 is 1.17 bits per heavy atom. The molecule has 1 nitrogen and oxygen atoms in total. The van der Waals surface area contributed by atoms with E-state index in [0.29, 0.717) is 11.7 Å². The van der Waals surface area contributed by atoms with Crippen molar-refractivity contribution in [3.63, 3.8) is 0 Å². The van der Waals surface area contributed by atoms with Gasteiger partial charge in [-0.1, -0.05) is 43.0 Å². The third-order valence-electron chi connectivity index (χ3n) is 4.20. The van der Waals surface area contributed by atoms with Crippen molar-refractivity contribution >= 4 is 5.78 Å². The second kappa shape index (κ2) is 6.17. The first-order chi connectivity index (χ1) is 8.66. The largest absolute Gasteiger partial charge is 0.299 e. The zero-order chi connectivity index (χ0) is 13.0. The van der Waals surface area contributed by atoms with E-state index in [4.69, 9.17) is 0 Å². The van der Waals surface area contributed by atoms with Crippen LogP contribution in [0.15, 0.2) is 18.2 Å². The minimum absolute atomic E-state index is 0.365. The van der Waals surface area contributed by atoms with Gasteiger partial charge in [-0.3, -0.25) is 4.79 Å². The third kappa shape index (κ3) is 3.44. The smallest absolute Gasteiger partial charge is 0.136 e. The van der Waals surface area contributed by atoms with Crippen LogP contribution in [0.2, 0.25) is 0 Å². The highest BCUT2D eigenvalue weighted by atomic mass is 16.1. The Balaban J connectivity index is 1.88. The van der Waals surface area contributed by atoms with Crippen molar-refractivity contribution in [1.82, 2.24) is 0 Å². The molecule has 0 spiro atoms. The molecule has 0 atom stereocenters. The fourth-order valence-corrected chi connectivity index (χ4v) is 3.01. The Labute approximate surface area is 111 Å². The van der Waals surface area contributed by atoms with Gasteiger partial charge in [0.1, 0.15) is 5.78 Å². The first-order valence-corrected chi connectivity index (χ1v) is 7.25. The Bertz CT molecular complexity index is 414. The van der Waals surface area contributed by atoms with Gasteiger partial charge >= 0.3 is 0 Å². The normalized spacial score (nSPS) is 16.8. The highest BCUT2D eigenvalue weighted by Gasteiger charge is 2.20. The van der Waals surface area contributed by atoms with Crippen molar-refractivity contribution in [1.29, 1.82) is 0 Å². The predicted molar refractivity (Wildman–Crippen MR) is 75.8 cm³/mol. The zero-order valence-electron chi connectivity index (χ0n) is 11.7. The Kier molecular flexibility index (Phi) is 4.57. The second-order valence-corrected chi connectivity index (χ2v) is 5.73. The lowest BCUT2D eigenvalue weighted by atomic mass is 9.84. The minimum Gasteiger partial charge on any atom is -0.299 e. The molecule has 0 saturated heterocycles. The molecule has 0 heterocycles. The van der Waals surface area contributed by atoms with Crippen LogP contribution < -0.4 is 0 Å². The molecule has 0 N–H and O–H groups in total. The number of carbonyl (C=O) groups excluding carboxylic acids is 1. The maximum Gasteiger partial charge on any atom is 0.136 e. The number of benzene rings is 1. The van der Waals surface area contributed by atoms with E-state index < -0.39 is 0 Å². The molecule has 1 aliphatic carbocycles. The van der Waals surface area contributed by atoms with Crippen molar-refractivity contribution in [2.45, 2.75) is 58.8 Å². The summed E-state index contributed by atoms with van der Waals surface area (Å²) in [6.45, 7) is 4.26. The second-order valence-electron chi connectivity index (χ2n) is 5.73. The number of ketones is 1. The predicted octanol–water partition coefficient (Wildman–Crippen LogP) is 4.39. The van der Waals surface area contributed by atoms with E-state index in [-0.39, 0.29) is 0 Å². The summed E-state index contributed by atoms with van der Waals surface area (Å²) in [7, 11) is 0. The molecule has 1 heteroatoms. The molecule has 1 fully saturated rings. The molecule has 0 amide bonds. The van der Waals surface area contributed by atoms with Crippen LogP contribution in [0, 0.1) is 19.8 Å². The van der Waals surface area contributed by atoms with Crippen LogP contribution in [-0.4, -0.2) is 5.78 Å². The van der Waals surface area contributed by atoms with Crippen molar-refractivity contribution in [2.75, 3.05) is 0 Å². The Morgan fingerprint density at radius 3 is 2.56 bits per heavy atom. The molecule has 98 valence electrons. The van der Waals surface area contributed by atoms with Crippen molar-refractivity contribution < 1.29 is 4.79 Å². The molecule has 2 rings (SSSR count). The maximum atomic E-state index is 12.1. The molecule has 18 heavy (non-hydrogen) atoms. The number of hydrogen-bond donors (Lipinski definition) is 0. The van der Waals surface area contributed by atoms with Gasteiger partial charge in [0.15, 0.2) is 0 Å². The molecule has 1 aromatic carbocycles. The molecular weight excluding hydrogens is 220 g/mol. The standard InChI is InChI=1S/C17H24O/c1-13-8-9-15(14(2)12-13)10-11-17(18)16-6-4-3-5-7-16/h8-9,12,16H,3-7,10-11H2,1-2H3. The van der Waals surface area contributed by atoms with E-state index in [2.05, 4.69) is 32.0 Å². The average Bonchev–Trinajstić information content (AvgIpc) is 2.38. The van der Waals surface area contributed by atoms with Gasteiger partial charge in [0.05, 0.1) is 0 Å². The topological polar surface area (TPSA) is 17.1 Å². The molecule has 1 aliphatic rings. The van der Waals surface area contributed by atoms with Gasteiger partial charge in [0.25, 0.3) is 0 Å². The van der Waals surface area contributed by atoms with Crippen LogP contribution in [0.3, 0.4) is 0 Å². The van der Waals surface area contributed by atoms with Crippen LogP contribution in [-0.2, 0) is 11.2 Å². The summed E-state index contributed by atoms with van der Waals surface area (Å²) in [5.74, 6) is 0.860. The van der Waals surface area contributed by atoms with Crippen molar-refractivity contribution in [3.8, 4) is 0 Å². The lowest BCUT2D eigenvalue weighted by Crippen LogP contribution is -2.18. The summed E-state index contributed by atoms with van der Waals surface area (Å²) in [4.78, 5) is 12.1. The van der Waals surface area contributed by atoms with E-state index in [1.165, 1.54) is 36.0 Å². The quantitative estimate of drug-likeness (QED) is 0.768. The van der Waals surface area contributed by atoms with Gasteiger partial charge in [0.2, 0.25) is 0 Å². The van der Waals surface area contributed by atoms with E-state index >= 15 is 0 Å². The SMILES string of the molecule is Cc1ccc(CCC(=O)C2CCCCC2)c(C)c1. The van der Waals surface area contributed by atoms with E-state index in [9.17, 15) is 4.79 Å². The molecule has 0 unspecified atom stereocenters. The highest BCUT2D eigenvalue weighted by molar-refractivity contribution is 5.81. The van der Waals surface area contributed by atoms with Crippen LogP contribution in [0.1, 0.15) is 55.2 Å². The van der Waals surface area contributed by atoms with Crippen molar-refractivity contribution in [3.05, 3.63) is 34.9 Å². The molecule has 1 aromatic rings. The van der Waals surface area contributed by atoms with Gasteiger partial charge in [0, 0.05) is 12.3 Å². The summed E-state index contributed by atoms with van der Waals surface area (Å²) in [5, 5.41) is 0. The average molecular weight is 244 g/mol. The van der Waals surface area contributed by atoms with Crippen LogP contribution >= 0.6 is 0 Å². The van der Waals surface area contributed by atoms with E-state index in [1.807, 2.05) is 0 Å². The molecule has 0 radical (unpaired) electrons. The van der Waals surface area contributed by atoms with Gasteiger partial charge in [-0.05, 0) is 44.2 Å². The lowest BCUT2D eigenvalue weighted by Gasteiger charge is -2.20. The summed E-state index contributed by atoms with van der Waals surface area (Å²) < 4.78 is 0. The Morgan fingerprint density at radius 2 is 1.89 bits per heavy atom. The molecule has 0 bridgehead atoms. The lowest BCUT2D eigenvalue weighted by molar-refractivity contribution is -0.123. The zero-order valence-corrected chi connectivity index (χ0v) is 11.7. The van der Waals surface area contributed by atoms with Crippen LogP contribution in [0.5, 0.6) is 0 Å². The van der Waals surface area contributed by atoms with E-state index in [0.717, 1.165) is 25.7 Å². The third-order valence-corrected chi connectivity index (χ3v) is 4.20. The summed E-state index contributed by atoms with van der Waals surface area (Å²) in [6, 6.07) is 6.53. The molecule has 0 aromatic heterocycles.